The Balaban J connectivity index is 0.812. The Labute approximate surface area is 465 Å². The van der Waals surface area contributed by atoms with Crippen LogP contribution in [-0.4, -0.2) is 23.7 Å². The minimum absolute atomic E-state index is 0.560. The van der Waals surface area contributed by atoms with Crippen molar-refractivity contribution in [2.75, 3.05) is 0 Å². The lowest BCUT2D eigenvalue weighted by molar-refractivity contribution is 1.16. The molecule has 15 rings (SSSR count). The van der Waals surface area contributed by atoms with Gasteiger partial charge in [-0.25, -0.2) is 9.97 Å². The van der Waals surface area contributed by atoms with E-state index in [4.69, 9.17) is 9.97 Å². The molecule has 0 bridgehead atoms. The van der Waals surface area contributed by atoms with E-state index in [2.05, 4.69) is 178 Å². The number of hydrogen-bond acceptors (Lipinski definition) is 5. The van der Waals surface area contributed by atoms with Crippen molar-refractivity contribution >= 4 is 65.4 Å². The molecular weight excluding hydrogens is 989 g/mol. The van der Waals surface area contributed by atoms with Gasteiger partial charge in [0, 0.05) is 66.1 Å². The third-order valence-electron chi connectivity index (χ3n) is 15.8. The second-order valence-electron chi connectivity index (χ2n) is 20.3. The summed E-state index contributed by atoms with van der Waals surface area (Å²) in [5, 5.41) is 36.8. The summed E-state index contributed by atoms with van der Waals surface area (Å²) in [6.07, 6.45) is 0. The van der Waals surface area contributed by atoms with Gasteiger partial charge >= 0.3 is 0 Å². The van der Waals surface area contributed by atoms with Crippen LogP contribution in [0.1, 0.15) is 16.7 Å². The van der Waals surface area contributed by atoms with Crippen molar-refractivity contribution in [3.63, 3.8) is 0 Å². The summed E-state index contributed by atoms with van der Waals surface area (Å²) in [5.74, 6) is 0.624. The summed E-state index contributed by atoms with van der Waals surface area (Å²) in [4.78, 5) is 9.96. The third-order valence-corrected chi connectivity index (χ3v) is 15.8. The number of para-hydroxylation sites is 2. The fourth-order valence-electron chi connectivity index (χ4n) is 12.0. The van der Waals surface area contributed by atoms with Gasteiger partial charge in [0.15, 0.2) is 5.82 Å². The first-order chi connectivity index (χ1) is 40.0. The van der Waals surface area contributed by atoms with E-state index < -0.39 is 0 Å². The maximum Gasteiger partial charge on any atom is 0.160 e. The Bertz CT molecular complexity index is 4930. The predicted octanol–water partition coefficient (Wildman–Crippen LogP) is 17.7. The van der Waals surface area contributed by atoms with Crippen LogP contribution in [0.5, 0.6) is 0 Å². The number of nitrogens with zero attached hydrogens (tertiary/aromatic N) is 8. The van der Waals surface area contributed by atoms with E-state index in [1.165, 1.54) is 0 Å². The second kappa shape index (κ2) is 18.8. The quantitative estimate of drug-likeness (QED) is 0.150. The van der Waals surface area contributed by atoms with Crippen LogP contribution in [-0.2, 0) is 0 Å². The standard InChI is InChI=1S/C73H42N8/c74-43-46-19-33-69-61(37-46)59-15-7-9-17-67(59)80(69)56-30-35-71-63(40-56)64-41-57(81-68-18-10-8-16-60(68)62-38-47(44-75)20-34-70(62)81)31-36-72(64)79(71)55-28-25-49(26-29-55)48-21-23-50(24-22-48)58-32-27-53(39-54(58)45-76)66-42-65(51-11-3-1-4-12-51)77-73(78-66)52-13-5-2-6-14-52/h1-42H. The monoisotopic (exact) mass is 1030 g/mol. The highest BCUT2D eigenvalue weighted by Crippen LogP contribution is 2.41. The Morgan fingerprint density at radius 2 is 0.679 bits per heavy atom. The molecule has 4 aromatic heterocycles. The van der Waals surface area contributed by atoms with Gasteiger partial charge in [-0.2, -0.15) is 15.8 Å². The zero-order valence-electron chi connectivity index (χ0n) is 43.3. The van der Waals surface area contributed by atoms with E-state index in [-0.39, 0.29) is 0 Å². The summed E-state index contributed by atoms with van der Waals surface area (Å²) in [6, 6.07) is 94.5. The van der Waals surface area contributed by atoms with Crippen LogP contribution in [0, 0.1) is 34.0 Å². The van der Waals surface area contributed by atoms with Crippen LogP contribution in [0.25, 0.3) is 139 Å². The maximum absolute atomic E-state index is 10.6. The molecule has 0 atom stereocenters. The number of fused-ring (bicyclic) bond motifs is 9. The van der Waals surface area contributed by atoms with E-state index >= 15 is 0 Å². The SMILES string of the molecule is N#Cc1ccc2c(c1)c1ccccc1n2-c1ccc2c(c1)c1cc(-n3c4ccccc4c4cc(C#N)ccc43)ccc1n2-c1ccc(-c2ccc(-c3ccc(-c4cc(-c5ccccc5)nc(-c5ccccc5)n4)cc3C#N)cc2)cc1. The van der Waals surface area contributed by atoms with Crippen molar-refractivity contribution in [3.8, 4) is 91.4 Å². The summed E-state index contributed by atoms with van der Waals surface area (Å²) >= 11 is 0. The predicted molar refractivity (Wildman–Crippen MR) is 326 cm³/mol. The number of hydrogen-bond donors (Lipinski definition) is 0. The molecule has 0 aliphatic rings. The first-order valence-electron chi connectivity index (χ1n) is 26.7. The van der Waals surface area contributed by atoms with Gasteiger partial charge in [0.1, 0.15) is 0 Å². The van der Waals surface area contributed by atoms with Gasteiger partial charge in [-0.3, -0.25) is 0 Å². The van der Waals surface area contributed by atoms with Gasteiger partial charge in [-0.05, 0) is 131 Å². The number of benzene rings is 11. The smallest absolute Gasteiger partial charge is 0.160 e. The number of nitriles is 3. The highest BCUT2D eigenvalue weighted by Gasteiger charge is 2.21. The lowest BCUT2D eigenvalue weighted by Crippen LogP contribution is -1.96. The summed E-state index contributed by atoms with van der Waals surface area (Å²) < 4.78 is 6.95. The van der Waals surface area contributed by atoms with Crippen LogP contribution in [0.15, 0.2) is 255 Å². The second-order valence-corrected chi connectivity index (χ2v) is 20.3. The largest absolute Gasteiger partial charge is 0.309 e. The van der Waals surface area contributed by atoms with Gasteiger partial charge in [-0.15, -0.1) is 0 Å². The Hall–Kier alpha value is -11.6. The van der Waals surface area contributed by atoms with Gasteiger partial charge in [0.05, 0.1) is 79.4 Å². The van der Waals surface area contributed by atoms with Crippen molar-refractivity contribution in [1.82, 2.24) is 23.7 Å². The van der Waals surface area contributed by atoms with Gasteiger partial charge < -0.3 is 13.7 Å². The molecule has 4 heterocycles. The van der Waals surface area contributed by atoms with Crippen molar-refractivity contribution in [3.05, 3.63) is 271 Å². The van der Waals surface area contributed by atoms with Gasteiger partial charge in [0.2, 0.25) is 0 Å². The van der Waals surface area contributed by atoms with E-state index in [9.17, 15) is 15.8 Å². The zero-order valence-corrected chi connectivity index (χ0v) is 43.3. The van der Waals surface area contributed by atoms with Crippen LogP contribution >= 0.6 is 0 Å². The summed E-state index contributed by atoms with van der Waals surface area (Å²) in [5.41, 5.74) is 19.4. The molecule has 0 aliphatic carbocycles. The first-order valence-corrected chi connectivity index (χ1v) is 26.7. The van der Waals surface area contributed by atoms with E-state index in [0.717, 1.165) is 133 Å². The molecule has 0 saturated carbocycles. The van der Waals surface area contributed by atoms with Crippen molar-refractivity contribution in [1.29, 1.82) is 15.8 Å². The minimum Gasteiger partial charge on any atom is -0.309 e. The first kappa shape index (κ1) is 46.7. The fraction of sp³-hybridized carbons (Fsp3) is 0. The molecule has 0 saturated heterocycles. The highest BCUT2D eigenvalue weighted by molar-refractivity contribution is 6.14. The fourth-order valence-corrected chi connectivity index (χ4v) is 12.0. The van der Waals surface area contributed by atoms with E-state index in [0.29, 0.717) is 22.5 Å². The molecule has 0 fully saturated rings. The molecule has 8 heteroatoms. The molecule has 0 spiro atoms. The molecular formula is C73H42N8. The van der Waals surface area contributed by atoms with Gasteiger partial charge in [0.25, 0.3) is 0 Å². The van der Waals surface area contributed by atoms with Crippen molar-refractivity contribution in [2.45, 2.75) is 0 Å². The molecule has 374 valence electrons. The van der Waals surface area contributed by atoms with Crippen molar-refractivity contribution in [2.24, 2.45) is 0 Å². The lowest BCUT2D eigenvalue weighted by atomic mass is 9.95. The average Bonchev–Trinajstić information content (AvgIpc) is 4.29. The molecule has 0 radical (unpaired) electrons. The average molecular weight is 1030 g/mol. The topological polar surface area (TPSA) is 112 Å². The third kappa shape index (κ3) is 7.73. The molecule has 0 unspecified atom stereocenters. The van der Waals surface area contributed by atoms with Crippen LogP contribution in [0.2, 0.25) is 0 Å². The van der Waals surface area contributed by atoms with Crippen LogP contribution in [0.4, 0.5) is 0 Å². The van der Waals surface area contributed by atoms with E-state index in [1.54, 1.807) is 0 Å². The minimum atomic E-state index is 0.560. The summed E-state index contributed by atoms with van der Waals surface area (Å²) in [6.45, 7) is 0. The zero-order chi connectivity index (χ0) is 54.1. The van der Waals surface area contributed by atoms with Crippen molar-refractivity contribution < 1.29 is 0 Å². The summed E-state index contributed by atoms with van der Waals surface area (Å²) in [7, 11) is 0. The molecule has 81 heavy (non-hydrogen) atoms. The lowest BCUT2D eigenvalue weighted by Gasteiger charge is -2.12. The maximum atomic E-state index is 10.6. The number of aromatic nitrogens is 5. The van der Waals surface area contributed by atoms with Crippen LogP contribution < -0.4 is 0 Å². The van der Waals surface area contributed by atoms with Crippen LogP contribution in [0.3, 0.4) is 0 Å². The Kier molecular flexibility index (Phi) is 10.8. The molecule has 0 amide bonds. The Morgan fingerprint density at radius 1 is 0.272 bits per heavy atom. The highest BCUT2D eigenvalue weighted by atomic mass is 15.0. The van der Waals surface area contributed by atoms with Gasteiger partial charge in [-0.1, -0.05) is 146 Å². The van der Waals surface area contributed by atoms with E-state index in [1.807, 2.05) is 109 Å². The Morgan fingerprint density at radius 3 is 1.21 bits per heavy atom. The molecule has 15 aromatic rings. The normalized spacial score (nSPS) is 11.4. The molecule has 0 aliphatic heterocycles. The number of rotatable bonds is 8. The molecule has 8 nitrogen and oxygen atoms in total. The molecule has 0 N–H and O–H groups in total. The molecule has 11 aromatic carbocycles.